The molecule has 186 valence electrons. The van der Waals surface area contributed by atoms with Gasteiger partial charge in [0.05, 0.1) is 42.2 Å². The highest BCUT2D eigenvalue weighted by atomic mass is 35.5. The van der Waals surface area contributed by atoms with Crippen LogP contribution in [0.15, 0.2) is 59.6 Å². The molecule has 2 unspecified atom stereocenters. The molecule has 0 N–H and O–H groups in total. The normalized spacial score (nSPS) is 29.4. The molecule has 0 bridgehead atoms. The number of carbonyl (C=O) groups excluding carboxylic acids is 1. The summed E-state index contributed by atoms with van der Waals surface area (Å²) in [6.07, 6.45) is 0.478. The lowest BCUT2D eigenvalue weighted by atomic mass is 10.0. The third kappa shape index (κ3) is 4.81. The van der Waals surface area contributed by atoms with E-state index < -0.39 is 23.2 Å². The van der Waals surface area contributed by atoms with Gasteiger partial charge in [-0.25, -0.2) is 20.4 Å². The van der Waals surface area contributed by atoms with Crippen molar-refractivity contribution >= 4 is 40.1 Å². The van der Waals surface area contributed by atoms with E-state index in [0.717, 1.165) is 16.2 Å². The van der Waals surface area contributed by atoms with E-state index in [9.17, 15) is 4.79 Å². The van der Waals surface area contributed by atoms with Crippen LogP contribution in [0, 0.1) is 0 Å². The Balaban J connectivity index is 1.54. The molecule has 6 atom stereocenters. The molecular weight excluding hydrogens is 513 g/mol. The van der Waals surface area contributed by atoms with Crippen molar-refractivity contribution in [3.63, 3.8) is 0 Å². The zero-order chi connectivity index (χ0) is 24.5. The Morgan fingerprint density at radius 1 is 1.14 bits per heavy atom. The van der Waals surface area contributed by atoms with E-state index in [2.05, 4.69) is 10.3 Å². The Labute approximate surface area is 215 Å². The van der Waals surface area contributed by atoms with Gasteiger partial charge in [-0.1, -0.05) is 58.7 Å². The fourth-order valence-corrected chi connectivity index (χ4v) is 8.10. The molecule has 8 nitrogen and oxygen atoms in total. The minimum atomic E-state index is -0.783. The van der Waals surface area contributed by atoms with Gasteiger partial charge in [0.1, 0.15) is 6.04 Å². The number of hydrogen-bond acceptors (Lipinski definition) is 7. The van der Waals surface area contributed by atoms with Crippen molar-refractivity contribution in [3.8, 4) is 0 Å². The molecule has 0 spiro atoms. The van der Waals surface area contributed by atoms with Gasteiger partial charge in [-0.15, -0.1) is 5.10 Å². The highest BCUT2D eigenvalue weighted by Gasteiger charge is 2.50. The molecule has 1 aromatic heterocycles. The molecule has 3 aromatic rings. The molecular formula is C24H25Cl2N3O5S. The van der Waals surface area contributed by atoms with Gasteiger partial charge in [0.25, 0.3) is 0 Å². The summed E-state index contributed by atoms with van der Waals surface area (Å²) in [6.45, 7) is 0.488. The van der Waals surface area contributed by atoms with Gasteiger partial charge in [0.15, 0.2) is 12.0 Å². The molecule has 2 fully saturated rings. The van der Waals surface area contributed by atoms with E-state index in [1.54, 1.807) is 18.0 Å². The quantitative estimate of drug-likeness (QED) is 0.379. The van der Waals surface area contributed by atoms with Gasteiger partial charge in [0, 0.05) is 23.7 Å². The van der Waals surface area contributed by atoms with E-state index in [0.29, 0.717) is 16.7 Å². The number of esters is 1. The van der Waals surface area contributed by atoms with Crippen molar-refractivity contribution in [1.82, 2.24) is 15.0 Å². The molecule has 0 amide bonds. The number of fused-ring (bicyclic) bond motifs is 1. The highest BCUT2D eigenvalue weighted by Crippen LogP contribution is 2.54. The van der Waals surface area contributed by atoms with Crippen LogP contribution in [0.2, 0.25) is 10.0 Å². The molecule has 2 aromatic carbocycles. The first-order valence-electron chi connectivity index (χ1n) is 11.1. The Morgan fingerprint density at radius 3 is 2.66 bits per heavy atom. The predicted molar refractivity (Wildman–Crippen MR) is 134 cm³/mol. The van der Waals surface area contributed by atoms with Gasteiger partial charge in [-0.3, -0.25) is 0 Å². The van der Waals surface area contributed by atoms with Crippen molar-refractivity contribution in [3.05, 3.63) is 76.0 Å². The Kier molecular flexibility index (Phi) is 7.34. The van der Waals surface area contributed by atoms with Crippen LogP contribution in [0.1, 0.15) is 28.4 Å². The molecule has 5 rings (SSSR count). The number of carbonyl (C=O) groups is 1. The molecule has 0 radical (unpaired) electrons. The number of aromatic nitrogens is 3. The van der Waals surface area contributed by atoms with Gasteiger partial charge < -0.3 is 18.9 Å². The summed E-state index contributed by atoms with van der Waals surface area (Å²) in [4.78, 5) is 13.1. The number of benzene rings is 2. The number of hydrogen-bond donors (Lipinski definition) is 1. The van der Waals surface area contributed by atoms with Crippen molar-refractivity contribution < 1.29 is 23.7 Å². The lowest BCUT2D eigenvalue weighted by Gasteiger charge is -2.51. The molecule has 35 heavy (non-hydrogen) atoms. The first-order valence-corrected chi connectivity index (χ1v) is 13.4. The van der Waals surface area contributed by atoms with Gasteiger partial charge >= 0.3 is 5.97 Å². The van der Waals surface area contributed by atoms with Crippen LogP contribution in [0.25, 0.3) is 0 Å². The van der Waals surface area contributed by atoms with Crippen LogP contribution in [-0.2, 0) is 18.9 Å². The maximum atomic E-state index is 12.0. The largest absolute Gasteiger partial charge is 0.464 e. The first-order chi connectivity index (χ1) is 17.0. The summed E-state index contributed by atoms with van der Waals surface area (Å²) in [6, 6.07) is 15.2. The van der Waals surface area contributed by atoms with Crippen molar-refractivity contribution in [2.24, 2.45) is 0 Å². The first kappa shape index (κ1) is 24.5. The number of halogens is 2. The average Bonchev–Trinajstić information content (AvgIpc) is 3.39. The molecule has 2 aliphatic heterocycles. The van der Waals surface area contributed by atoms with Crippen LogP contribution < -0.4 is 0 Å². The zero-order valence-corrected chi connectivity index (χ0v) is 21.5. The summed E-state index contributed by atoms with van der Waals surface area (Å²) in [5, 5.41) is 9.32. The summed E-state index contributed by atoms with van der Waals surface area (Å²) in [5.41, 5.74) is 1.06. The lowest BCUT2D eigenvalue weighted by Crippen LogP contribution is -2.54. The number of nitrogens with zero attached hydrogens (tertiary/aromatic N) is 3. The van der Waals surface area contributed by atoms with Gasteiger partial charge in [-0.2, -0.15) is 0 Å². The molecule has 2 saturated heterocycles. The summed E-state index contributed by atoms with van der Waals surface area (Å²) in [5.74, 6) is 0.178. The maximum absolute atomic E-state index is 12.0. The lowest BCUT2D eigenvalue weighted by molar-refractivity contribution is -0.233. The summed E-state index contributed by atoms with van der Waals surface area (Å²) in [7, 11) is 2.20. The van der Waals surface area contributed by atoms with Crippen LogP contribution in [0.3, 0.4) is 0 Å². The molecule has 0 saturated carbocycles. The zero-order valence-electron chi connectivity index (χ0n) is 19.1. The minimum Gasteiger partial charge on any atom is -0.464 e. The van der Waals surface area contributed by atoms with E-state index in [4.69, 9.17) is 42.1 Å². The number of thiol groups is 1. The third-order valence-corrected chi connectivity index (χ3v) is 10.1. The molecule has 3 heterocycles. The van der Waals surface area contributed by atoms with Crippen molar-refractivity contribution in [2.75, 3.05) is 26.6 Å². The number of ether oxygens (including phenoxy) is 4. The fraction of sp³-hybridized carbons (Fsp3) is 0.375. The van der Waals surface area contributed by atoms with Crippen LogP contribution in [0.4, 0.5) is 0 Å². The second-order valence-electron chi connectivity index (χ2n) is 8.33. The van der Waals surface area contributed by atoms with Crippen molar-refractivity contribution in [1.29, 1.82) is 0 Å². The average molecular weight is 538 g/mol. The predicted octanol–water partition coefficient (Wildman–Crippen LogP) is 4.48. The Bertz CT molecular complexity index is 1200. The van der Waals surface area contributed by atoms with E-state index >= 15 is 0 Å². The third-order valence-electron chi connectivity index (χ3n) is 6.39. The van der Waals surface area contributed by atoms with Crippen LogP contribution >= 0.6 is 34.1 Å². The topological polar surface area (TPSA) is 84.7 Å². The standard InChI is InChI=1S/C24H25Cl2N3O5S/c1-31-19-13-35(15-8-9-16(25)17(26)10-15)20-12-33-24(14-6-4-3-5-7-14)34-22(20)21(19)29-11-18(27-28-29)23(30)32-2/h3-11,19-22,24,35H,12-13H2,1-2H3/t19-,20+,21-,22-,24?/m0/s1. The molecule has 11 heteroatoms. The SMILES string of the molecule is COC(=O)c1cn([C@@H]2[C@H]3OC(c4ccccc4)OC[C@H]3[SH](c3ccc(Cl)c(Cl)c3)C[C@@H]2OC)nn1. The van der Waals surface area contributed by atoms with Crippen molar-refractivity contribution in [2.45, 2.75) is 34.7 Å². The molecule has 2 aliphatic rings. The van der Waals surface area contributed by atoms with E-state index in [1.807, 2.05) is 48.5 Å². The van der Waals surface area contributed by atoms with Gasteiger partial charge in [0.2, 0.25) is 0 Å². The van der Waals surface area contributed by atoms with Crippen LogP contribution in [-0.4, -0.2) is 65.0 Å². The van der Waals surface area contributed by atoms with E-state index in [-0.39, 0.29) is 29.2 Å². The highest BCUT2D eigenvalue weighted by molar-refractivity contribution is 8.17. The second-order valence-corrected chi connectivity index (χ2v) is 11.6. The second kappa shape index (κ2) is 10.5. The Hall–Kier alpha value is -2.14. The summed E-state index contributed by atoms with van der Waals surface area (Å²) >= 11 is 12.6. The maximum Gasteiger partial charge on any atom is 0.360 e. The number of rotatable bonds is 5. The van der Waals surface area contributed by atoms with E-state index in [1.165, 1.54) is 7.11 Å². The minimum absolute atomic E-state index is 0.0318. The van der Waals surface area contributed by atoms with Crippen LogP contribution in [0.5, 0.6) is 0 Å². The fourth-order valence-electron chi connectivity index (χ4n) is 4.68. The molecule has 0 aliphatic carbocycles. The smallest absolute Gasteiger partial charge is 0.360 e. The van der Waals surface area contributed by atoms with Gasteiger partial charge in [-0.05, 0) is 23.1 Å². The monoisotopic (exact) mass is 537 g/mol. The summed E-state index contributed by atoms with van der Waals surface area (Å²) < 4.78 is 25.3. The number of methoxy groups -OCH3 is 2. The Morgan fingerprint density at radius 2 is 1.94 bits per heavy atom.